The molecule has 1 aromatic carbocycles. The lowest BCUT2D eigenvalue weighted by Gasteiger charge is -2.11. The number of rotatable bonds is 4. The molecule has 0 saturated carbocycles. The SMILES string of the molecule is CCOC(=O)/C(C#N)=C/c1ccc(N(C)C)cc1. The van der Waals surface area contributed by atoms with Crippen molar-refractivity contribution >= 4 is 17.7 Å². The van der Waals surface area contributed by atoms with Crippen molar-refractivity contribution in [3.63, 3.8) is 0 Å². The third kappa shape index (κ3) is 3.63. The normalized spacial score (nSPS) is 10.7. The Kier molecular flexibility index (Phi) is 4.94. The van der Waals surface area contributed by atoms with E-state index in [9.17, 15) is 4.79 Å². The number of ether oxygens (including phenoxy) is 1. The van der Waals surface area contributed by atoms with Gasteiger partial charge in [0.1, 0.15) is 11.6 Å². The Morgan fingerprint density at radius 2 is 2.00 bits per heavy atom. The summed E-state index contributed by atoms with van der Waals surface area (Å²) in [5.74, 6) is -0.586. The highest BCUT2D eigenvalue weighted by Crippen LogP contribution is 2.14. The van der Waals surface area contributed by atoms with Gasteiger partial charge in [0.05, 0.1) is 6.61 Å². The van der Waals surface area contributed by atoms with Crippen molar-refractivity contribution in [3.05, 3.63) is 35.4 Å². The second kappa shape index (κ2) is 6.45. The molecular formula is C14H16N2O2. The lowest BCUT2D eigenvalue weighted by atomic mass is 10.1. The van der Waals surface area contributed by atoms with Crippen LogP contribution in [0.2, 0.25) is 0 Å². The van der Waals surface area contributed by atoms with E-state index in [-0.39, 0.29) is 12.2 Å². The molecule has 4 heteroatoms. The number of benzene rings is 1. The van der Waals surface area contributed by atoms with E-state index >= 15 is 0 Å². The van der Waals surface area contributed by atoms with Gasteiger partial charge in [0.15, 0.2) is 0 Å². The van der Waals surface area contributed by atoms with Gasteiger partial charge < -0.3 is 9.64 Å². The molecule has 4 nitrogen and oxygen atoms in total. The molecule has 0 unspecified atom stereocenters. The zero-order chi connectivity index (χ0) is 13.5. The Hall–Kier alpha value is -2.28. The molecular weight excluding hydrogens is 228 g/mol. The van der Waals surface area contributed by atoms with Crippen LogP contribution in [0.5, 0.6) is 0 Å². The molecule has 0 fully saturated rings. The minimum Gasteiger partial charge on any atom is -0.462 e. The van der Waals surface area contributed by atoms with Crippen molar-refractivity contribution in [3.8, 4) is 6.07 Å². The quantitative estimate of drug-likeness (QED) is 0.463. The van der Waals surface area contributed by atoms with Gasteiger partial charge >= 0.3 is 5.97 Å². The van der Waals surface area contributed by atoms with Crippen LogP contribution in [0.15, 0.2) is 29.8 Å². The molecule has 0 aliphatic carbocycles. The Bertz CT molecular complexity index is 482. The van der Waals surface area contributed by atoms with Gasteiger partial charge in [-0.25, -0.2) is 4.79 Å². The molecule has 0 aromatic heterocycles. The van der Waals surface area contributed by atoms with Crippen LogP contribution in [0, 0.1) is 11.3 Å². The van der Waals surface area contributed by atoms with Crippen molar-refractivity contribution in [1.82, 2.24) is 0 Å². The summed E-state index contributed by atoms with van der Waals surface area (Å²) in [5.41, 5.74) is 1.86. The second-order valence-electron chi connectivity index (χ2n) is 3.88. The number of nitriles is 1. The van der Waals surface area contributed by atoms with E-state index in [1.165, 1.54) is 6.08 Å². The van der Waals surface area contributed by atoms with Crippen molar-refractivity contribution in [2.24, 2.45) is 0 Å². The molecule has 0 saturated heterocycles. The van der Waals surface area contributed by atoms with Crippen molar-refractivity contribution in [1.29, 1.82) is 5.26 Å². The first kappa shape index (κ1) is 13.8. The van der Waals surface area contributed by atoms with Gasteiger partial charge in [-0.2, -0.15) is 5.26 Å². The van der Waals surface area contributed by atoms with Gasteiger partial charge in [-0.15, -0.1) is 0 Å². The number of carbonyl (C=O) groups is 1. The van der Waals surface area contributed by atoms with E-state index in [0.717, 1.165) is 11.3 Å². The summed E-state index contributed by atoms with van der Waals surface area (Å²) in [5, 5.41) is 8.90. The smallest absolute Gasteiger partial charge is 0.348 e. The minimum absolute atomic E-state index is 0.00875. The maximum absolute atomic E-state index is 11.4. The van der Waals surface area contributed by atoms with E-state index in [2.05, 4.69) is 0 Å². The molecule has 0 heterocycles. The number of hydrogen-bond donors (Lipinski definition) is 0. The third-order valence-electron chi connectivity index (χ3n) is 2.34. The van der Waals surface area contributed by atoms with Gasteiger partial charge in [-0.3, -0.25) is 0 Å². The summed E-state index contributed by atoms with van der Waals surface area (Å²) in [7, 11) is 3.90. The van der Waals surface area contributed by atoms with Crippen molar-refractivity contribution < 1.29 is 9.53 Å². The Labute approximate surface area is 107 Å². The van der Waals surface area contributed by atoms with Crippen molar-refractivity contribution in [2.75, 3.05) is 25.6 Å². The van der Waals surface area contributed by atoms with Gasteiger partial charge in [0, 0.05) is 19.8 Å². The summed E-state index contributed by atoms with van der Waals surface area (Å²) in [6, 6.07) is 9.40. The van der Waals surface area contributed by atoms with Gasteiger partial charge in [0.25, 0.3) is 0 Å². The number of nitrogens with zero attached hydrogens (tertiary/aromatic N) is 2. The van der Waals surface area contributed by atoms with Gasteiger partial charge in [-0.05, 0) is 30.7 Å². The highest BCUT2D eigenvalue weighted by molar-refractivity contribution is 5.97. The zero-order valence-corrected chi connectivity index (χ0v) is 10.8. The zero-order valence-electron chi connectivity index (χ0n) is 10.8. The topological polar surface area (TPSA) is 53.3 Å². The van der Waals surface area contributed by atoms with Crippen LogP contribution in [0.3, 0.4) is 0 Å². The highest BCUT2D eigenvalue weighted by Gasteiger charge is 2.09. The van der Waals surface area contributed by atoms with Crippen LogP contribution in [0.1, 0.15) is 12.5 Å². The summed E-state index contributed by atoms with van der Waals surface area (Å²) in [4.78, 5) is 13.4. The summed E-state index contributed by atoms with van der Waals surface area (Å²) in [6.45, 7) is 1.97. The fraction of sp³-hybridized carbons (Fsp3) is 0.286. The van der Waals surface area contributed by atoms with Gasteiger partial charge in [0.2, 0.25) is 0 Å². The maximum atomic E-state index is 11.4. The molecule has 0 bridgehead atoms. The molecule has 94 valence electrons. The molecule has 18 heavy (non-hydrogen) atoms. The Morgan fingerprint density at radius 3 is 2.44 bits per heavy atom. The molecule has 0 radical (unpaired) electrons. The Morgan fingerprint density at radius 1 is 1.39 bits per heavy atom. The van der Waals surface area contributed by atoms with Crippen LogP contribution in [0.25, 0.3) is 6.08 Å². The summed E-state index contributed by atoms with van der Waals surface area (Å²) < 4.78 is 4.79. The van der Waals surface area contributed by atoms with E-state index in [0.29, 0.717) is 0 Å². The van der Waals surface area contributed by atoms with E-state index in [1.54, 1.807) is 6.92 Å². The van der Waals surface area contributed by atoms with Crippen LogP contribution in [-0.4, -0.2) is 26.7 Å². The fourth-order valence-electron chi connectivity index (χ4n) is 1.38. The number of carbonyl (C=O) groups excluding carboxylic acids is 1. The van der Waals surface area contributed by atoms with Crippen LogP contribution in [-0.2, 0) is 9.53 Å². The first-order valence-corrected chi connectivity index (χ1v) is 5.64. The Balaban J connectivity index is 2.93. The molecule has 1 aromatic rings. The van der Waals surface area contributed by atoms with E-state index in [1.807, 2.05) is 49.3 Å². The summed E-state index contributed by atoms with van der Waals surface area (Å²) in [6.07, 6.45) is 1.53. The second-order valence-corrected chi connectivity index (χ2v) is 3.88. The summed E-state index contributed by atoms with van der Waals surface area (Å²) >= 11 is 0. The van der Waals surface area contributed by atoms with Crippen LogP contribution >= 0.6 is 0 Å². The lowest BCUT2D eigenvalue weighted by molar-refractivity contribution is -0.137. The van der Waals surface area contributed by atoms with E-state index < -0.39 is 5.97 Å². The molecule has 0 atom stereocenters. The molecule has 0 spiro atoms. The molecule has 0 N–H and O–H groups in total. The average molecular weight is 244 g/mol. The molecule has 1 rings (SSSR count). The third-order valence-corrected chi connectivity index (χ3v) is 2.34. The number of anilines is 1. The van der Waals surface area contributed by atoms with Crippen molar-refractivity contribution in [2.45, 2.75) is 6.92 Å². The van der Waals surface area contributed by atoms with Gasteiger partial charge in [-0.1, -0.05) is 12.1 Å². The molecule has 0 amide bonds. The van der Waals surface area contributed by atoms with Crippen LogP contribution < -0.4 is 4.90 Å². The number of esters is 1. The molecule has 0 aliphatic heterocycles. The fourth-order valence-corrected chi connectivity index (χ4v) is 1.38. The predicted octanol–water partition coefficient (Wildman–Crippen LogP) is 2.22. The monoisotopic (exact) mass is 244 g/mol. The largest absolute Gasteiger partial charge is 0.462 e. The first-order valence-electron chi connectivity index (χ1n) is 5.64. The average Bonchev–Trinajstić information content (AvgIpc) is 2.36. The highest BCUT2D eigenvalue weighted by atomic mass is 16.5. The minimum atomic E-state index is -0.586. The predicted molar refractivity (Wildman–Crippen MR) is 71.0 cm³/mol. The first-order chi connectivity index (χ1) is 8.58. The van der Waals surface area contributed by atoms with E-state index in [4.69, 9.17) is 10.00 Å². The maximum Gasteiger partial charge on any atom is 0.348 e. The molecule has 0 aliphatic rings. The standard InChI is InChI=1S/C14H16N2O2/c1-4-18-14(17)12(10-15)9-11-5-7-13(8-6-11)16(2)3/h5-9H,4H2,1-3H3/b12-9+. The lowest BCUT2D eigenvalue weighted by Crippen LogP contribution is -2.08. The van der Waals surface area contributed by atoms with Crippen LogP contribution in [0.4, 0.5) is 5.69 Å². The number of hydrogen-bond acceptors (Lipinski definition) is 4.